The van der Waals surface area contributed by atoms with Crippen molar-refractivity contribution in [1.29, 1.82) is 0 Å². The van der Waals surface area contributed by atoms with Crippen LogP contribution in [0.15, 0.2) is 23.1 Å². The van der Waals surface area contributed by atoms with Gasteiger partial charge < -0.3 is 4.90 Å². The van der Waals surface area contributed by atoms with E-state index in [-0.39, 0.29) is 10.8 Å². The van der Waals surface area contributed by atoms with Crippen LogP contribution in [0, 0.1) is 12.8 Å². The molecule has 1 aliphatic rings. The highest BCUT2D eigenvalue weighted by atomic mass is 32.2. The van der Waals surface area contributed by atoms with Gasteiger partial charge in [0.15, 0.2) is 9.84 Å². The highest BCUT2D eigenvalue weighted by Gasteiger charge is 2.23. The molecule has 5 heteroatoms. The second-order valence-corrected chi connectivity index (χ2v) is 7.74. The number of carbonyl (C=O) groups excluding carboxylic acids is 1. The third kappa shape index (κ3) is 3.20. The van der Waals surface area contributed by atoms with Gasteiger partial charge in [-0.05, 0) is 43.4 Å². The zero-order chi connectivity index (χ0) is 14.9. The molecule has 0 aromatic heterocycles. The molecule has 0 N–H and O–H groups in total. The van der Waals surface area contributed by atoms with Gasteiger partial charge in [-0.3, -0.25) is 4.79 Å². The van der Waals surface area contributed by atoms with E-state index in [1.165, 1.54) is 6.07 Å². The fourth-order valence-corrected chi connectivity index (χ4v) is 3.09. The molecule has 1 amide bonds. The van der Waals surface area contributed by atoms with Crippen molar-refractivity contribution in [3.05, 3.63) is 29.3 Å². The molecule has 0 saturated carbocycles. The first-order chi connectivity index (χ1) is 9.29. The van der Waals surface area contributed by atoms with Crippen LogP contribution in [0.3, 0.4) is 0 Å². The number of amides is 1. The number of benzene rings is 1. The Labute approximate surface area is 120 Å². The average Bonchev–Trinajstić information content (AvgIpc) is 2.38. The lowest BCUT2D eigenvalue weighted by Crippen LogP contribution is -2.38. The smallest absolute Gasteiger partial charge is 0.254 e. The number of sulfone groups is 1. The molecule has 0 atom stereocenters. The van der Waals surface area contributed by atoms with Crippen LogP contribution < -0.4 is 0 Å². The average molecular weight is 295 g/mol. The zero-order valence-corrected chi connectivity index (χ0v) is 13.0. The van der Waals surface area contributed by atoms with E-state index in [0.29, 0.717) is 11.5 Å². The molecular weight excluding hydrogens is 274 g/mol. The Balaban J connectivity index is 2.30. The summed E-state index contributed by atoms with van der Waals surface area (Å²) in [7, 11) is -3.29. The van der Waals surface area contributed by atoms with Crippen LogP contribution in [0.5, 0.6) is 0 Å². The Morgan fingerprint density at radius 1 is 1.25 bits per heavy atom. The topological polar surface area (TPSA) is 54.5 Å². The molecule has 1 fully saturated rings. The van der Waals surface area contributed by atoms with Crippen LogP contribution >= 0.6 is 0 Å². The van der Waals surface area contributed by atoms with Gasteiger partial charge in [0.25, 0.3) is 5.91 Å². The Morgan fingerprint density at radius 3 is 2.40 bits per heavy atom. The number of hydrogen-bond acceptors (Lipinski definition) is 3. The molecule has 0 aliphatic carbocycles. The van der Waals surface area contributed by atoms with Gasteiger partial charge in [-0.1, -0.05) is 13.0 Å². The number of piperidine rings is 1. The minimum atomic E-state index is -3.29. The van der Waals surface area contributed by atoms with Gasteiger partial charge >= 0.3 is 0 Å². The number of aryl methyl sites for hydroxylation is 1. The van der Waals surface area contributed by atoms with Gasteiger partial charge in [-0.25, -0.2) is 8.42 Å². The summed E-state index contributed by atoms with van der Waals surface area (Å²) >= 11 is 0. The van der Waals surface area contributed by atoms with Crippen LogP contribution in [-0.4, -0.2) is 38.6 Å². The zero-order valence-electron chi connectivity index (χ0n) is 12.2. The third-order valence-electron chi connectivity index (χ3n) is 3.94. The van der Waals surface area contributed by atoms with Crippen LogP contribution in [0.1, 0.15) is 35.7 Å². The highest BCUT2D eigenvalue weighted by molar-refractivity contribution is 7.90. The maximum atomic E-state index is 12.5. The standard InChI is InChI=1S/C15H21NO3S/c1-11-6-8-16(9-7-11)15(17)14-10-13(20(3,18)19)5-4-12(14)2/h4-5,10-11H,6-9H2,1-3H3. The summed E-state index contributed by atoms with van der Waals surface area (Å²) in [4.78, 5) is 14.6. The first-order valence-corrected chi connectivity index (χ1v) is 8.78. The van der Waals surface area contributed by atoms with Crippen molar-refractivity contribution in [3.8, 4) is 0 Å². The first-order valence-electron chi connectivity index (χ1n) is 6.89. The Morgan fingerprint density at radius 2 is 1.85 bits per heavy atom. The van der Waals surface area contributed by atoms with E-state index in [2.05, 4.69) is 6.92 Å². The summed E-state index contributed by atoms with van der Waals surface area (Å²) in [6, 6.07) is 4.76. The summed E-state index contributed by atoms with van der Waals surface area (Å²) in [6.07, 6.45) is 3.18. The maximum Gasteiger partial charge on any atom is 0.254 e. The van der Waals surface area contributed by atoms with Crippen LogP contribution in [0.4, 0.5) is 0 Å². The molecule has 1 aromatic carbocycles. The van der Waals surface area contributed by atoms with Crippen LogP contribution in [0.25, 0.3) is 0 Å². The Bertz CT molecular complexity index is 614. The first kappa shape index (κ1) is 15.0. The molecule has 0 unspecified atom stereocenters. The minimum Gasteiger partial charge on any atom is -0.339 e. The number of carbonyl (C=O) groups is 1. The molecule has 0 bridgehead atoms. The van der Waals surface area contributed by atoms with E-state index in [4.69, 9.17) is 0 Å². The summed E-state index contributed by atoms with van der Waals surface area (Å²) in [5.74, 6) is 0.599. The largest absolute Gasteiger partial charge is 0.339 e. The maximum absolute atomic E-state index is 12.5. The van der Waals surface area contributed by atoms with Crippen molar-refractivity contribution in [2.75, 3.05) is 19.3 Å². The molecule has 1 saturated heterocycles. The van der Waals surface area contributed by atoms with Crippen molar-refractivity contribution in [1.82, 2.24) is 4.90 Å². The van der Waals surface area contributed by atoms with Gasteiger partial charge in [0.2, 0.25) is 0 Å². The van der Waals surface area contributed by atoms with Crippen molar-refractivity contribution in [2.24, 2.45) is 5.92 Å². The van der Waals surface area contributed by atoms with E-state index in [0.717, 1.165) is 37.8 Å². The van der Waals surface area contributed by atoms with E-state index in [9.17, 15) is 13.2 Å². The molecule has 20 heavy (non-hydrogen) atoms. The SMILES string of the molecule is Cc1ccc(S(C)(=O)=O)cc1C(=O)N1CCC(C)CC1. The lowest BCUT2D eigenvalue weighted by Gasteiger charge is -2.30. The molecule has 0 radical (unpaired) electrons. The summed E-state index contributed by atoms with van der Waals surface area (Å²) in [5.41, 5.74) is 1.32. The van der Waals surface area contributed by atoms with Gasteiger partial charge in [-0.2, -0.15) is 0 Å². The number of likely N-dealkylation sites (tertiary alicyclic amines) is 1. The Kier molecular flexibility index (Phi) is 4.18. The van der Waals surface area contributed by atoms with Gasteiger partial charge in [0.05, 0.1) is 4.90 Å². The number of hydrogen-bond donors (Lipinski definition) is 0. The van der Waals surface area contributed by atoms with Crippen LogP contribution in [0.2, 0.25) is 0 Å². The number of nitrogens with zero attached hydrogens (tertiary/aromatic N) is 1. The number of rotatable bonds is 2. The van der Waals surface area contributed by atoms with E-state index >= 15 is 0 Å². The molecule has 1 aliphatic heterocycles. The molecule has 1 heterocycles. The quantitative estimate of drug-likeness (QED) is 0.841. The molecule has 1 aromatic rings. The molecular formula is C15H21NO3S. The van der Waals surface area contributed by atoms with Crippen molar-refractivity contribution in [3.63, 3.8) is 0 Å². The predicted molar refractivity (Wildman–Crippen MR) is 78.6 cm³/mol. The fourth-order valence-electron chi connectivity index (χ4n) is 2.44. The second-order valence-electron chi connectivity index (χ2n) is 5.72. The van der Waals surface area contributed by atoms with E-state index in [1.54, 1.807) is 12.1 Å². The summed E-state index contributed by atoms with van der Waals surface area (Å²) < 4.78 is 23.2. The molecule has 0 spiro atoms. The van der Waals surface area contributed by atoms with E-state index < -0.39 is 9.84 Å². The third-order valence-corrected chi connectivity index (χ3v) is 5.05. The van der Waals surface area contributed by atoms with Gasteiger partial charge in [0, 0.05) is 24.9 Å². The van der Waals surface area contributed by atoms with Gasteiger partial charge in [-0.15, -0.1) is 0 Å². The van der Waals surface area contributed by atoms with Crippen LogP contribution in [-0.2, 0) is 9.84 Å². The summed E-state index contributed by atoms with van der Waals surface area (Å²) in [6.45, 7) is 5.54. The van der Waals surface area contributed by atoms with Crippen molar-refractivity contribution in [2.45, 2.75) is 31.6 Å². The minimum absolute atomic E-state index is 0.0556. The normalized spacial score (nSPS) is 17.2. The van der Waals surface area contributed by atoms with Crippen molar-refractivity contribution < 1.29 is 13.2 Å². The fraction of sp³-hybridized carbons (Fsp3) is 0.533. The predicted octanol–water partition coefficient (Wildman–Crippen LogP) is 2.27. The second kappa shape index (κ2) is 5.56. The van der Waals surface area contributed by atoms with Crippen molar-refractivity contribution >= 4 is 15.7 Å². The molecule has 4 nitrogen and oxygen atoms in total. The monoisotopic (exact) mass is 295 g/mol. The Hall–Kier alpha value is -1.36. The lowest BCUT2D eigenvalue weighted by atomic mass is 9.98. The highest BCUT2D eigenvalue weighted by Crippen LogP contribution is 2.21. The van der Waals surface area contributed by atoms with Gasteiger partial charge in [0.1, 0.15) is 0 Å². The summed E-state index contributed by atoms with van der Waals surface area (Å²) in [5, 5.41) is 0. The molecule has 2 rings (SSSR count). The van der Waals surface area contributed by atoms with E-state index in [1.807, 2.05) is 11.8 Å². The lowest BCUT2D eigenvalue weighted by molar-refractivity contribution is 0.0696. The molecule has 110 valence electrons.